The maximum absolute atomic E-state index is 12.9. The van der Waals surface area contributed by atoms with Crippen LogP contribution in [0.3, 0.4) is 0 Å². The second-order valence-corrected chi connectivity index (χ2v) is 7.55. The van der Waals surface area contributed by atoms with Crippen LogP contribution in [-0.4, -0.2) is 62.6 Å². The average Bonchev–Trinajstić information content (AvgIpc) is 2.66. The zero-order valence-corrected chi connectivity index (χ0v) is 16.6. The molecule has 3 saturated heterocycles. The molecule has 152 valence electrons. The molecule has 1 aromatic rings. The molecule has 0 aliphatic carbocycles. The fourth-order valence-electron chi connectivity index (χ4n) is 4.19. The van der Waals surface area contributed by atoms with Crippen molar-refractivity contribution >= 4 is 35.9 Å². The minimum absolute atomic E-state index is 0. The van der Waals surface area contributed by atoms with Crippen LogP contribution >= 0.6 is 12.4 Å². The molecule has 3 heterocycles. The highest BCUT2D eigenvalue weighted by atomic mass is 35.5. The van der Waals surface area contributed by atoms with Crippen LogP contribution in [0.1, 0.15) is 29.6 Å². The van der Waals surface area contributed by atoms with Crippen LogP contribution in [0.2, 0.25) is 0 Å². The lowest BCUT2D eigenvalue weighted by atomic mass is 9.72. The molecule has 3 aliphatic rings. The fraction of sp³-hybridized carbons (Fsp3) is 0.526. The van der Waals surface area contributed by atoms with Gasteiger partial charge < -0.3 is 15.0 Å². The lowest BCUT2D eigenvalue weighted by molar-refractivity contribution is -0.120. The molecule has 0 bridgehead atoms. The van der Waals surface area contributed by atoms with Crippen LogP contribution in [0, 0.1) is 5.41 Å². The standard InChI is InChI=1S/C19H24N4O4.ClH/c1-27-15-3-2-13(10-14(15)23-9-4-16(24)21-18(23)26)17(25)22-11-19(12-22)5-7-20-8-6-19;/h2-3,10,20H,4-9,11-12H2,1H3,(H,21,24,26);1H. The summed E-state index contributed by atoms with van der Waals surface area (Å²) in [5.41, 5.74) is 1.30. The second-order valence-electron chi connectivity index (χ2n) is 7.55. The summed E-state index contributed by atoms with van der Waals surface area (Å²) in [5.74, 6) is 0.168. The highest BCUT2D eigenvalue weighted by molar-refractivity contribution is 6.07. The Morgan fingerprint density at radius 2 is 1.89 bits per heavy atom. The van der Waals surface area contributed by atoms with Crippen molar-refractivity contribution in [1.29, 1.82) is 0 Å². The predicted octanol–water partition coefficient (Wildman–Crippen LogP) is 1.39. The highest BCUT2D eigenvalue weighted by Gasteiger charge is 2.45. The van der Waals surface area contributed by atoms with Crippen molar-refractivity contribution in [2.24, 2.45) is 5.41 Å². The number of nitrogens with one attached hydrogen (secondary N) is 2. The van der Waals surface area contributed by atoms with Crippen molar-refractivity contribution in [2.45, 2.75) is 19.3 Å². The summed E-state index contributed by atoms with van der Waals surface area (Å²) in [6.45, 7) is 3.86. The summed E-state index contributed by atoms with van der Waals surface area (Å²) in [5, 5.41) is 5.67. The van der Waals surface area contributed by atoms with Crippen LogP contribution in [0.5, 0.6) is 5.75 Å². The molecule has 4 amide bonds. The van der Waals surface area contributed by atoms with Gasteiger partial charge in [0.2, 0.25) is 5.91 Å². The molecule has 1 aromatic carbocycles. The molecular formula is C19H25ClN4O4. The van der Waals surface area contributed by atoms with Gasteiger partial charge in [-0.15, -0.1) is 12.4 Å². The molecule has 0 unspecified atom stereocenters. The molecule has 4 rings (SSSR count). The SMILES string of the molecule is COc1ccc(C(=O)N2CC3(CCNCC3)C2)cc1N1CCC(=O)NC1=O.Cl. The molecule has 9 heteroatoms. The van der Waals surface area contributed by atoms with E-state index in [-0.39, 0.29) is 42.6 Å². The van der Waals surface area contributed by atoms with Crippen molar-refractivity contribution in [2.75, 3.05) is 44.7 Å². The van der Waals surface area contributed by atoms with Crippen LogP contribution in [0.4, 0.5) is 10.5 Å². The number of carbonyl (C=O) groups is 3. The van der Waals surface area contributed by atoms with Gasteiger partial charge in [-0.2, -0.15) is 0 Å². The van der Waals surface area contributed by atoms with Gasteiger partial charge in [0.25, 0.3) is 5.91 Å². The van der Waals surface area contributed by atoms with E-state index in [1.54, 1.807) is 18.2 Å². The number of piperidine rings is 1. The second kappa shape index (κ2) is 7.97. The molecular weight excluding hydrogens is 384 g/mol. The molecule has 8 nitrogen and oxygen atoms in total. The predicted molar refractivity (Wildman–Crippen MR) is 106 cm³/mol. The zero-order valence-electron chi connectivity index (χ0n) is 15.8. The number of imide groups is 1. The van der Waals surface area contributed by atoms with Gasteiger partial charge in [-0.1, -0.05) is 0 Å². The van der Waals surface area contributed by atoms with Crippen LogP contribution < -0.4 is 20.3 Å². The van der Waals surface area contributed by atoms with Gasteiger partial charge in [-0.3, -0.25) is 19.8 Å². The first kappa shape index (κ1) is 20.4. The largest absolute Gasteiger partial charge is 0.495 e. The number of benzene rings is 1. The zero-order chi connectivity index (χ0) is 19.0. The van der Waals surface area contributed by atoms with Crippen molar-refractivity contribution in [1.82, 2.24) is 15.5 Å². The van der Waals surface area contributed by atoms with E-state index in [0.717, 1.165) is 39.0 Å². The smallest absolute Gasteiger partial charge is 0.328 e. The van der Waals surface area contributed by atoms with E-state index in [9.17, 15) is 14.4 Å². The van der Waals surface area contributed by atoms with Crippen molar-refractivity contribution in [3.8, 4) is 5.75 Å². The molecule has 0 atom stereocenters. The Balaban J connectivity index is 0.00000225. The molecule has 28 heavy (non-hydrogen) atoms. The molecule has 0 saturated carbocycles. The summed E-state index contributed by atoms with van der Waals surface area (Å²) in [4.78, 5) is 39.8. The van der Waals surface area contributed by atoms with Crippen molar-refractivity contribution in [3.63, 3.8) is 0 Å². The molecule has 0 aromatic heterocycles. The van der Waals surface area contributed by atoms with E-state index in [1.807, 2.05) is 4.90 Å². The summed E-state index contributed by atoms with van der Waals surface area (Å²) >= 11 is 0. The van der Waals surface area contributed by atoms with Gasteiger partial charge in [0.1, 0.15) is 5.75 Å². The van der Waals surface area contributed by atoms with E-state index in [1.165, 1.54) is 12.0 Å². The van der Waals surface area contributed by atoms with Crippen LogP contribution in [-0.2, 0) is 4.79 Å². The Morgan fingerprint density at radius 1 is 1.18 bits per heavy atom. The lowest BCUT2D eigenvalue weighted by Gasteiger charge is -2.52. The molecule has 1 spiro atoms. The quantitative estimate of drug-likeness (QED) is 0.788. The third-order valence-electron chi connectivity index (χ3n) is 5.77. The number of hydrogen-bond acceptors (Lipinski definition) is 5. The first-order chi connectivity index (χ1) is 13.0. The summed E-state index contributed by atoms with van der Waals surface area (Å²) in [6, 6.07) is 4.62. The maximum Gasteiger partial charge on any atom is 0.328 e. The number of rotatable bonds is 3. The van der Waals surface area contributed by atoms with E-state index < -0.39 is 6.03 Å². The van der Waals surface area contributed by atoms with Crippen LogP contribution in [0.15, 0.2) is 18.2 Å². The number of carbonyl (C=O) groups excluding carboxylic acids is 3. The monoisotopic (exact) mass is 408 g/mol. The summed E-state index contributed by atoms with van der Waals surface area (Å²) in [7, 11) is 1.52. The fourth-order valence-corrected chi connectivity index (χ4v) is 4.19. The number of amides is 4. The third-order valence-corrected chi connectivity index (χ3v) is 5.77. The van der Waals surface area contributed by atoms with Gasteiger partial charge in [0, 0.05) is 37.0 Å². The highest BCUT2D eigenvalue weighted by Crippen LogP contribution is 2.40. The Bertz CT molecular complexity index is 786. The summed E-state index contributed by atoms with van der Waals surface area (Å²) in [6.07, 6.45) is 2.43. The Kier molecular flexibility index (Phi) is 5.81. The Labute approximate surface area is 170 Å². The van der Waals surface area contributed by atoms with Gasteiger partial charge in [0.05, 0.1) is 12.8 Å². The Morgan fingerprint density at radius 3 is 2.54 bits per heavy atom. The van der Waals surface area contributed by atoms with Crippen molar-refractivity contribution < 1.29 is 19.1 Å². The topological polar surface area (TPSA) is 91.0 Å². The van der Waals surface area contributed by atoms with E-state index in [4.69, 9.17) is 4.74 Å². The summed E-state index contributed by atoms with van der Waals surface area (Å²) < 4.78 is 5.36. The minimum atomic E-state index is -0.494. The van der Waals surface area contributed by atoms with E-state index in [2.05, 4.69) is 10.6 Å². The normalized spacial score (nSPS) is 20.9. The average molecular weight is 409 g/mol. The number of methoxy groups -OCH3 is 1. The third kappa shape index (κ3) is 3.66. The number of nitrogens with zero attached hydrogens (tertiary/aromatic N) is 2. The first-order valence-electron chi connectivity index (χ1n) is 9.31. The van der Waals surface area contributed by atoms with Gasteiger partial charge in [0.15, 0.2) is 0 Å². The van der Waals surface area contributed by atoms with Gasteiger partial charge in [-0.25, -0.2) is 4.79 Å². The number of anilines is 1. The van der Waals surface area contributed by atoms with E-state index in [0.29, 0.717) is 17.0 Å². The molecule has 2 N–H and O–H groups in total. The lowest BCUT2D eigenvalue weighted by Crippen LogP contribution is -2.61. The molecule has 0 radical (unpaired) electrons. The Hall–Kier alpha value is -2.32. The van der Waals surface area contributed by atoms with Crippen molar-refractivity contribution in [3.05, 3.63) is 23.8 Å². The minimum Gasteiger partial charge on any atom is -0.495 e. The molecule has 3 fully saturated rings. The number of likely N-dealkylation sites (tertiary alicyclic amines) is 1. The number of ether oxygens (including phenoxy) is 1. The number of halogens is 1. The van der Waals surface area contributed by atoms with Crippen LogP contribution in [0.25, 0.3) is 0 Å². The van der Waals surface area contributed by atoms with Gasteiger partial charge >= 0.3 is 6.03 Å². The number of hydrogen-bond donors (Lipinski definition) is 2. The molecule has 3 aliphatic heterocycles. The first-order valence-corrected chi connectivity index (χ1v) is 9.31. The van der Waals surface area contributed by atoms with E-state index >= 15 is 0 Å². The maximum atomic E-state index is 12.9. The van der Waals surface area contributed by atoms with Gasteiger partial charge in [-0.05, 0) is 44.1 Å². The number of urea groups is 1.